The Morgan fingerprint density at radius 2 is 1.76 bits per heavy atom. The van der Waals surface area contributed by atoms with Gasteiger partial charge in [0, 0.05) is 12.1 Å². The van der Waals surface area contributed by atoms with Gasteiger partial charge in [0.05, 0.1) is 5.92 Å². The van der Waals surface area contributed by atoms with Crippen LogP contribution in [0.1, 0.15) is 88.0 Å². The third-order valence-corrected chi connectivity index (χ3v) is 9.15. The summed E-state index contributed by atoms with van der Waals surface area (Å²) in [6.07, 6.45) is 1.98. The molecule has 2 fully saturated rings. The highest BCUT2D eigenvalue weighted by Gasteiger charge is 2.40. The lowest BCUT2D eigenvalue weighted by Gasteiger charge is -2.38. The van der Waals surface area contributed by atoms with Crippen molar-refractivity contribution in [2.24, 2.45) is 23.2 Å². The van der Waals surface area contributed by atoms with Crippen LogP contribution in [0.3, 0.4) is 0 Å². The molecule has 1 N–H and O–H groups in total. The first-order valence-electron chi connectivity index (χ1n) is 15.4. The highest BCUT2D eigenvalue weighted by Crippen LogP contribution is 2.48. The Morgan fingerprint density at radius 1 is 1.05 bits per heavy atom. The molecule has 3 atom stereocenters. The average molecular weight is 588 g/mol. The SMILES string of the molecule is C[C@H](C(=O)O)[C@H](c1ccc2c(c1)O[C@@H](C1CCN(Cc3cc(CC(C)(C)C)ccc3OC(F)(F)F)CC1)CC2)C1CC1. The quantitative estimate of drug-likeness (QED) is 0.322. The maximum Gasteiger partial charge on any atom is 0.573 e. The van der Waals surface area contributed by atoms with Gasteiger partial charge in [-0.05, 0) is 110 Å². The molecule has 2 aromatic carbocycles. The van der Waals surface area contributed by atoms with Crippen LogP contribution in [-0.2, 0) is 24.2 Å². The van der Waals surface area contributed by atoms with E-state index in [2.05, 4.69) is 48.6 Å². The number of carbonyl (C=O) groups is 1. The largest absolute Gasteiger partial charge is 0.573 e. The summed E-state index contributed by atoms with van der Waals surface area (Å²) in [6.45, 7) is 10.1. The summed E-state index contributed by atoms with van der Waals surface area (Å²) >= 11 is 0. The van der Waals surface area contributed by atoms with E-state index in [1.54, 1.807) is 13.0 Å². The predicted molar refractivity (Wildman–Crippen MR) is 156 cm³/mol. The molecule has 0 spiro atoms. The molecule has 1 saturated carbocycles. The molecule has 3 aliphatic rings. The zero-order valence-corrected chi connectivity index (χ0v) is 25.2. The molecule has 2 aromatic rings. The van der Waals surface area contributed by atoms with Gasteiger partial charge in [0.25, 0.3) is 0 Å². The summed E-state index contributed by atoms with van der Waals surface area (Å²) in [5, 5.41) is 9.69. The van der Waals surface area contributed by atoms with E-state index in [1.807, 2.05) is 6.07 Å². The first-order valence-corrected chi connectivity index (χ1v) is 15.4. The monoisotopic (exact) mass is 587 g/mol. The number of hydrogen-bond donors (Lipinski definition) is 1. The van der Waals surface area contributed by atoms with Crippen LogP contribution < -0.4 is 9.47 Å². The maximum atomic E-state index is 13.1. The Hall–Kier alpha value is -2.74. The minimum Gasteiger partial charge on any atom is -0.490 e. The van der Waals surface area contributed by atoms with Crippen LogP contribution in [-0.4, -0.2) is 41.5 Å². The first kappa shape index (κ1) is 30.7. The third kappa shape index (κ3) is 7.80. The fourth-order valence-corrected chi connectivity index (χ4v) is 6.95. The number of aliphatic carboxylic acids is 1. The summed E-state index contributed by atoms with van der Waals surface area (Å²) in [6, 6.07) is 11.4. The summed E-state index contributed by atoms with van der Waals surface area (Å²) in [7, 11) is 0. The zero-order chi connectivity index (χ0) is 30.2. The van der Waals surface area contributed by atoms with Gasteiger partial charge < -0.3 is 14.6 Å². The smallest absolute Gasteiger partial charge is 0.490 e. The van der Waals surface area contributed by atoms with E-state index in [1.165, 1.54) is 11.6 Å². The molecule has 0 radical (unpaired) electrons. The van der Waals surface area contributed by atoms with Crippen LogP contribution in [0.15, 0.2) is 36.4 Å². The Kier molecular flexibility index (Phi) is 8.85. The molecule has 0 unspecified atom stereocenters. The van der Waals surface area contributed by atoms with Crippen molar-refractivity contribution in [1.29, 1.82) is 0 Å². The normalized spacial score (nSPS) is 21.7. The Labute approximate surface area is 247 Å². The van der Waals surface area contributed by atoms with Crippen molar-refractivity contribution in [3.63, 3.8) is 0 Å². The zero-order valence-electron chi connectivity index (χ0n) is 25.2. The van der Waals surface area contributed by atoms with Gasteiger partial charge >= 0.3 is 12.3 Å². The Bertz CT molecular complexity index is 1260. The summed E-state index contributed by atoms with van der Waals surface area (Å²) in [5.74, 6) is 0.380. The second-order valence-electron chi connectivity index (χ2n) is 13.9. The summed E-state index contributed by atoms with van der Waals surface area (Å²) < 4.78 is 50.4. The van der Waals surface area contributed by atoms with Crippen molar-refractivity contribution in [3.8, 4) is 11.5 Å². The van der Waals surface area contributed by atoms with Crippen molar-refractivity contribution < 1.29 is 32.5 Å². The first-order chi connectivity index (χ1) is 19.8. The number of halogens is 3. The number of hydrogen-bond acceptors (Lipinski definition) is 4. The number of rotatable bonds is 9. The van der Waals surface area contributed by atoms with Crippen molar-refractivity contribution in [2.75, 3.05) is 13.1 Å². The van der Waals surface area contributed by atoms with E-state index in [4.69, 9.17) is 4.74 Å². The molecular weight excluding hydrogens is 543 g/mol. The fraction of sp³-hybridized carbons (Fsp3) is 0.618. The second kappa shape index (κ2) is 12.1. The van der Waals surface area contributed by atoms with Gasteiger partial charge in [0.15, 0.2) is 0 Å². The Morgan fingerprint density at radius 3 is 2.38 bits per heavy atom. The van der Waals surface area contributed by atoms with E-state index < -0.39 is 18.2 Å². The molecule has 230 valence electrons. The van der Waals surface area contributed by atoms with Gasteiger partial charge in [-0.1, -0.05) is 52.0 Å². The Balaban J connectivity index is 1.23. The lowest BCUT2D eigenvalue weighted by molar-refractivity contribution is -0.275. The van der Waals surface area contributed by atoms with E-state index >= 15 is 0 Å². The molecule has 5 nitrogen and oxygen atoms in total. The van der Waals surface area contributed by atoms with Gasteiger partial charge in [-0.25, -0.2) is 0 Å². The van der Waals surface area contributed by atoms with Crippen molar-refractivity contribution in [3.05, 3.63) is 58.7 Å². The second-order valence-corrected chi connectivity index (χ2v) is 13.9. The lowest BCUT2D eigenvalue weighted by atomic mass is 9.81. The van der Waals surface area contributed by atoms with Crippen molar-refractivity contribution in [1.82, 2.24) is 4.90 Å². The van der Waals surface area contributed by atoms with Crippen LogP contribution in [0, 0.1) is 23.2 Å². The van der Waals surface area contributed by atoms with Crippen molar-refractivity contribution in [2.45, 2.75) is 97.6 Å². The third-order valence-electron chi connectivity index (χ3n) is 9.15. The molecule has 2 heterocycles. The minimum absolute atomic E-state index is 0.00753. The van der Waals surface area contributed by atoms with Crippen LogP contribution >= 0.6 is 0 Å². The molecule has 1 aliphatic carbocycles. The number of carboxylic acid groups (broad SMARTS) is 1. The maximum absolute atomic E-state index is 13.1. The molecular formula is C34H44F3NO4. The van der Waals surface area contributed by atoms with E-state index in [0.717, 1.165) is 74.9 Å². The van der Waals surface area contributed by atoms with E-state index in [9.17, 15) is 23.1 Å². The van der Waals surface area contributed by atoms with E-state index in [-0.39, 0.29) is 23.2 Å². The summed E-state index contributed by atoms with van der Waals surface area (Å²) in [4.78, 5) is 14.0. The number of fused-ring (bicyclic) bond motifs is 1. The standard InChI is InChI=1S/C34H44F3NO4/c1-21(32(39)40)31(25-7-8-25)26-9-6-23-10-12-28(41-30(23)18-26)24-13-15-38(16-14-24)20-27-17-22(19-33(2,3)4)5-11-29(27)42-34(35,36)37/h5-6,9,11,17-18,21,24-25,28,31H,7-8,10,12-16,19-20H2,1-4H3,(H,39,40)/t21-,28+,31-/m0/s1. The van der Waals surface area contributed by atoms with Crippen LogP contribution in [0.25, 0.3) is 0 Å². The fourth-order valence-electron chi connectivity index (χ4n) is 6.95. The molecule has 8 heteroatoms. The van der Waals surface area contributed by atoms with Crippen LogP contribution in [0.5, 0.6) is 11.5 Å². The average Bonchev–Trinajstić information content (AvgIpc) is 3.74. The van der Waals surface area contributed by atoms with Gasteiger partial charge in [-0.3, -0.25) is 9.69 Å². The number of likely N-dealkylation sites (tertiary alicyclic amines) is 1. The highest BCUT2D eigenvalue weighted by atomic mass is 19.4. The minimum atomic E-state index is -4.73. The summed E-state index contributed by atoms with van der Waals surface area (Å²) in [5.41, 5.74) is 3.85. The molecule has 42 heavy (non-hydrogen) atoms. The number of alkyl halides is 3. The number of nitrogens with zero attached hydrogens (tertiary/aromatic N) is 1. The predicted octanol–water partition coefficient (Wildman–Crippen LogP) is 7.99. The lowest BCUT2D eigenvalue weighted by Crippen LogP contribution is -2.40. The number of piperidine rings is 1. The highest BCUT2D eigenvalue weighted by molar-refractivity contribution is 5.71. The molecule has 0 amide bonds. The molecule has 1 saturated heterocycles. The van der Waals surface area contributed by atoms with Crippen LogP contribution in [0.4, 0.5) is 13.2 Å². The van der Waals surface area contributed by atoms with Gasteiger partial charge in [0.1, 0.15) is 17.6 Å². The molecule has 0 aromatic heterocycles. The van der Waals surface area contributed by atoms with Gasteiger partial charge in [0.2, 0.25) is 0 Å². The number of aryl methyl sites for hydroxylation is 1. The number of carboxylic acids is 1. The molecule has 2 aliphatic heterocycles. The van der Waals surface area contributed by atoms with Gasteiger partial charge in [-0.15, -0.1) is 13.2 Å². The molecule has 5 rings (SSSR count). The number of ether oxygens (including phenoxy) is 2. The van der Waals surface area contributed by atoms with Crippen LogP contribution in [0.2, 0.25) is 0 Å². The topological polar surface area (TPSA) is 59.0 Å². The van der Waals surface area contributed by atoms with Gasteiger partial charge in [-0.2, -0.15) is 0 Å². The van der Waals surface area contributed by atoms with E-state index in [0.29, 0.717) is 23.9 Å². The van der Waals surface area contributed by atoms with Crippen molar-refractivity contribution >= 4 is 5.97 Å². The molecule has 0 bridgehead atoms. The number of benzene rings is 2.